The lowest BCUT2D eigenvalue weighted by Crippen LogP contribution is -2.33. The fourth-order valence-corrected chi connectivity index (χ4v) is 2.46. The van der Waals surface area contributed by atoms with E-state index in [4.69, 9.17) is 11.6 Å². The van der Waals surface area contributed by atoms with Crippen LogP contribution in [0.3, 0.4) is 0 Å². The minimum absolute atomic E-state index is 0.206. The van der Waals surface area contributed by atoms with Crippen LogP contribution in [-0.2, 0) is 17.4 Å². The van der Waals surface area contributed by atoms with Gasteiger partial charge in [0.1, 0.15) is 11.4 Å². The van der Waals surface area contributed by atoms with Crippen molar-refractivity contribution >= 4 is 17.4 Å². The summed E-state index contributed by atoms with van der Waals surface area (Å²) < 4.78 is 1.58. The summed E-state index contributed by atoms with van der Waals surface area (Å²) in [6.45, 7) is 0. The van der Waals surface area contributed by atoms with E-state index in [2.05, 4.69) is 5.10 Å². The lowest BCUT2D eigenvalue weighted by atomic mass is 9.82. The molecular weight excluding hydrogens is 216 g/mol. The summed E-state index contributed by atoms with van der Waals surface area (Å²) in [5.41, 5.74) is -0.368. The Balaban J connectivity index is 2.33. The van der Waals surface area contributed by atoms with Crippen molar-refractivity contribution in [1.82, 2.24) is 9.78 Å². The number of halogens is 1. The molecule has 1 aromatic heterocycles. The summed E-state index contributed by atoms with van der Waals surface area (Å²) in [5, 5.41) is 14.9. The van der Waals surface area contributed by atoms with Gasteiger partial charge in [-0.05, 0) is 12.8 Å². The first-order chi connectivity index (χ1) is 7.03. The standard InChI is InChI=1S/C10H13ClN2O2/c1-13-9(8(11)6-12-13)10(15)4-2-7(14)3-5-10/h6,15H,2-5H2,1H3. The average Bonchev–Trinajstić information content (AvgIpc) is 2.52. The van der Waals surface area contributed by atoms with E-state index in [0.717, 1.165) is 0 Å². The minimum atomic E-state index is -0.990. The van der Waals surface area contributed by atoms with Crippen LogP contribution in [0, 0.1) is 0 Å². The molecule has 1 aliphatic rings. The van der Waals surface area contributed by atoms with Crippen molar-refractivity contribution in [3.05, 3.63) is 16.9 Å². The van der Waals surface area contributed by atoms with E-state index in [9.17, 15) is 9.90 Å². The highest BCUT2D eigenvalue weighted by Gasteiger charge is 2.38. The van der Waals surface area contributed by atoms with Crippen LogP contribution in [0.15, 0.2) is 6.20 Å². The van der Waals surface area contributed by atoms with Crippen molar-refractivity contribution in [3.63, 3.8) is 0 Å². The van der Waals surface area contributed by atoms with Gasteiger partial charge in [0.15, 0.2) is 0 Å². The van der Waals surface area contributed by atoms with Gasteiger partial charge in [-0.3, -0.25) is 9.48 Å². The zero-order chi connectivity index (χ0) is 11.1. The van der Waals surface area contributed by atoms with E-state index >= 15 is 0 Å². The SMILES string of the molecule is Cn1ncc(Cl)c1C1(O)CCC(=O)CC1. The Morgan fingerprint density at radius 1 is 1.53 bits per heavy atom. The number of carbonyl (C=O) groups is 1. The Morgan fingerprint density at radius 3 is 2.60 bits per heavy atom. The third-order valence-electron chi connectivity index (χ3n) is 2.97. The van der Waals surface area contributed by atoms with Crippen LogP contribution in [0.25, 0.3) is 0 Å². The van der Waals surface area contributed by atoms with Crippen LogP contribution in [0.4, 0.5) is 0 Å². The van der Waals surface area contributed by atoms with Gasteiger partial charge in [-0.25, -0.2) is 0 Å². The molecule has 5 heteroatoms. The van der Waals surface area contributed by atoms with Gasteiger partial charge in [0.05, 0.1) is 16.9 Å². The second-order valence-electron chi connectivity index (χ2n) is 4.03. The van der Waals surface area contributed by atoms with E-state index < -0.39 is 5.60 Å². The molecule has 0 aliphatic heterocycles. The third-order valence-corrected chi connectivity index (χ3v) is 3.25. The molecule has 0 spiro atoms. The van der Waals surface area contributed by atoms with Crippen LogP contribution < -0.4 is 0 Å². The predicted molar refractivity (Wildman–Crippen MR) is 55.6 cm³/mol. The van der Waals surface area contributed by atoms with Crippen LogP contribution in [0.1, 0.15) is 31.4 Å². The molecule has 82 valence electrons. The van der Waals surface area contributed by atoms with Crippen molar-refractivity contribution in [3.8, 4) is 0 Å². The topological polar surface area (TPSA) is 55.1 Å². The number of aliphatic hydroxyl groups is 1. The molecule has 0 saturated heterocycles. The Kier molecular flexibility index (Phi) is 2.56. The normalized spacial score (nSPS) is 20.6. The minimum Gasteiger partial charge on any atom is -0.383 e. The molecule has 4 nitrogen and oxygen atoms in total. The van der Waals surface area contributed by atoms with Crippen LogP contribution in [-0.4, -0.2) is 20.7 Å². The Hall–Kier alpha value is -0.870. The molecule has 0 atom stereocenters. The van der Waals surface area contributed by atoms with Crippen molar-refractivity contribution in [2.45, 2.75) is 31.3 Å². The van der Waals surface area contributed by atoms with Crippen molar-refractivity contribution in [1.29, 1.82) is 0 Å². The van der Waals surface area contributed by atoms with E-state index in [1.165, 1.54) is 6.20 Å². The molecule has 15 heavy (non-hydrogen) atoms. The van der Waals surface area contributed by atoms with E-state index in [1.54, 1.807) is 11.7 Å². The van der Waals surface area contributed by atoms with E-state index in [-0.39, 0.29) is 5.78 Å². The quantitative estimate of drug-likeness (QED) is 0.791. The molecule has 0 amide bonds. The Bertz CT molecular complexity index is 371. The zero-order valence-corrected chi connectivity index (χ0v) is 9.29. The van der Waals surface area contributed by atoms with Crippen LogP contribution in [0.2, 0.25) is 5.02 Å². The van der Waals surface area contributed by atoms with E-state index in [0.29, 0.717) is 36.4 Å². The fraction of sp³-hybridized carbons (Fsp3) is 0.600. The molecule has 0 bridgehead atoms. The number of aryl methyl sites for hydroxylation is 1. The molecule has 1 heterocycles. The maximum atomic E-state index is 11.1. The second kappa shape index (κ2) is 3.61. The Labute approximate surface area is 92.8 Å². The largest absolute Gasteiger partial charge is 0.383 e. The van der Waals surface area contributed by atoms with Gasteiger partial charge in [-0.2, -0.15) is 5.10 Å². The molecule has 0 aromatic carbocycles. The lowest BCUT2D eigenvalue weighted by Gasteiger charge is -2.31. The van der Waals surface area contributed by atoms with Gasteiger partial charge in [0.25, 0.3) is 0 Å². The van der Waals surface area contributed by atoms with Crippen LogP contribution in [0.5, 0.6) is 0 Å². The molecule has 1 saturated carbocycles. The molecular formula is C10H13ClN2O2. The number of hydrogen-bond donors (Lipinski definition) is 1. The van der Waals surface area contributed by atoms with Crippen molar-refractivity contribution < 1.29 is 9.90 Å². The molecule has 0 radical (unpaired) electrons. The highest BCUT2D eigenvalue weighted by atomic mass is 35.5. The first-order valence-corrected chi connectivity index (χ1v) is 5.33. The number of hydrogen-bond acceptors (Lipinski definition) is 3. The first kappa shape index (κ1) is 10.6. The van der Waals surface area contributed by atoms with Crippen LogP contribution >= 0.6 is 11.6 Å². The van der Waals surface area contributed by atoms with Gasteiger partial charge in [-0.15, -0.1) is 0 Å². The van der Waals surface area contributed by atoms with Gasteiger partial charge in [-0.1, -0.05) is 11.6 Å². The summed E-state index contributed by atoms with van der Waals surface area (Å²) in [5.74, 6) is 0.206. The number of ketones is 1. The monoisotopic (exact) mass is 228 g/mol. The smallest absolute Gasteiger partial charge is 0.133 e. The molecule has 1 fully saturated rings. The summed E-state index contributed by atoms with van der Waals surface area (Å²) in [7, 11) is 1.75. The molecule has 0 unspecified atom stereocenters. The number of rotatable bonds is 1. The predicted octanol–water partition coefficient (Wildman–Crippen LogP) is 1.40. The summed E-state index contributed by atoms with van der Waals surface area (Å²) in [6, 6.07) is 0. The first-order valence-electron chi connectivity index (χ1n) is 4.95. The zero-order valence-electron chi connectivity index (χ0n) is 8.53. The lowest BCUT2D eigenvalue weighted by molar-refractivity contribution is -0.126. The van der Waals surface area contributed by atoms with Gasteiger partial charge >= 0.3 is 0 Å². The number of carbonyl (C=O) groups excluding carboxylic acids is 1. The second-order valence-corrected chi connectivity index (χ2v) is 4.44. The van der Waals surface area contributed by atoms with Crippen molar-refractivity contribution in [2.75, 3.05) is 0 Å². The van der Waals surface area contributed by atoms with Gasteiger partial charge in [0.2, 0.25) is 0 Å². The van der Waals surface area contributed by atoms with Crippen molar-refractivity contribution in [2.24, 2.45) is 7.05 Å². The number of aromatic nitrogens is 2. The molecule has 2 rings (SSSR count). The van der Waals surface area contributed by atoms with E-state index in [1.807, 2.05) is 0 Å². The summed E-state index contributed by atoms with van der Waals surface area (Å²) in [6.07, 6.45) is 3.22. The maximum absolute atomic E-state index is 11.1. The molecule has 1 aromatic rings. The Morgan fingerprint density at radius 2 is 2.13 bits per heavy atom. The molecule has 1 N–H and O–H groups in total. The summed E-state index contributed by atoms with van der Waals surface area (Å²) in [4.78, 5) is 11.1. The van der Waals surface area contributed by atoms with Gasteiger partial charge < -0.3 is 5.11 Å². The summed E-state index contributed by atoms with van der Waals surface area (Å²) >= 11 is 5.98. The average molecular weight is 229 g/mol. The van der Waals surface area contributed by atoms with Gasteiger partial charge in [0, 0.05) is 19.9 Å². The number of nitrogens with zero attached hydrogens (tertiary/aromatic N) is 2. The maximum Gasteiger partial charge on any atom is 0.133 e. The fourth-order valence-electron chi connectivity index (χ4n) is 2.11. The highest BCUT2D eigenvalue weighted by molar-refractivity contribution is 6.31. The highest BCUT2D eigenvalue weighted by Crippen LogP contribution is 2.38. The molecule has 1 aliphatic carbocycles. The third kappa shape index (κ3) is 1.79. The number of Topliss-reactive ketones (excluding diaryl/α,β-unsaturated/α-hetero) is 1.